The first kappa shape index (κ1) is 14.8. The summed E-state index contributed by atoms with van der Waals surface area (Å²) in [5.74, 6) is 2.28. The molecule has 3 nitrogen and oxygen atoms in total. The quantitative estimate of drug-likeness (QED) is 0.805. The first-order valence-corrected chi connectivity index (χ1v) is 6.80. The predicted octanol–water partition coefficient (Wildman–Crippen LogP) is 3.85. The van der Waals surface area contributed by atoms with E-state index in [-0.39, 0.29) is 5.41 Å². The standard InChI is InChI=1S/C15H27N3/c1-7-9-11(3)12-13(16)18(10-8-2)14(17-12)15(4,5)6/h8,11H,2,7,9-10,16H2,1,3-6H3. The molecule has 18 heavy (non-hydrogen) atoms. The lowest BCUT2D eigenvalue weighted by Gasteiger charge is -2.19. The second kappa shape index (κ2) is 5.59. The van der Waals surface area contributed by atoms with Gasteiger partial charge in [0.05, 0.1) is 5.69 Å². The van der Waals surface area contributed by atoms with E-state index in [1.807, 2.05) is 6.08 Å². The van der Waals surface area contributed by atoms with Crippen LogP contribution in [0.3, 0.4) is 0 Å². The molecular formula is C15H27N3. The Morgan fingerprint density at radius 2 is 2.06 bits per heavy atom. The molecule has 0 saturated heterocycles. The van der Waals surface area contributed by atoms with Crippen LogP contribution in [-0.4, -0.2) is 9.55 Å². The minimum atomic E-state index is 0.00130. The Balaban J connectivity index is 3.27. The molecule has 0 aliphatic heterocycles. The maximum atomic E-state index is 6.27. The Morgan fingerprint density at radius 3 is 2.50 bits per heavy atom. The van der Waals surface area contributed by atoms with Crippen molar-refractivity contribution in [2.75, 3.05) is 5.73 Å². The van der Waals surface area contributed by atoms with Crippen LogP contribution in [0.4, 0.5) is 5.82 Å². The SMILES string of the molecule is C=CCn1c(C(C)(C)C)nc(C(C)CCC)c1N. The van der Waals surface area contributed by atoms with E-state index >= 15 is 0 Å². The van der Waals surface area contributed by atoms with Gasteiger partial charge >= 0.3 is 0 Å². The zero-order chi connectivity index (χ0) is 13.9. The molecule has 0 radical (unpaired) electrons. The van der Waals surface area contributed by atoms with Gasteiger partial charge in [0, 0.05) is 17.9 Å². The molecule has 0 saturated carbocycles. The van der Waals surface area contributed by atoms with Gasteiger partial charge < -0.3 is 10.3 Å². The van der Waals surface area contributed by atoms with Crippen molar-refractivity contribution in [1.29, 1.82) is 0 Å². The first-order valence-electron chi connectivity index (χ1n) is 6.80. The van der Waals surface area contributed by atoms with Gasteiger partial charge in [0.1, 0.15) is 11.6 Å². The number of rotatable bonds is 5. The highest BCUT2D eigenvalue weighted by Gasteiger charge is 2.26. The van der Waals surface area contributed by atoms with Crippen molar-refractivity contribution in [3.63, 3.8) is 0 Å². The number of nitrogens with two attached hydrogens (primary N) is 1. The largest absolute Gasteiger partial charge is 0.384 e. The molecule has 1 unspecified atom stereocenters. The average Bonchev–Trinajstić information content (AvgIpc) is 2.57. The van der Waals surface area contributed by atoms with E-state index in [0.29, 0.717) is 5.92 Å². The average molecular weight is 249 g/mol. The van der Waals surface area contributed by atoms with Crippen LogP contribution in [0.5, 0.6) is 0 Å². The van der Waals surface area contributed by atoms with Crippen molar-refractivity contribution < 1.29 is 0 Å². The van der Waals surface area contributed by atoms with Crippen LogP contribution in [0.25, 0.3) is 0 Å². The van der Waals surface area contributed by atoms with E-state index in [1.165, 1.54) is 0 Å². The van der Waals surface area contributed by atoms with E-state index in [2.05, 4.69) is 45.8 Å². The van der Waals surface area contributed by atoms with Crippen LogP contribution in [-0.2, 0) is 12.0 Å². The Kier molecular flexibility index (Phi) is 4.60. The molecule has 1 atom stereocenters. The van der Waals surface area contributed by atoms with Crippen LogP contribution in [0, 0.1) is 0 Å². The summed E-state index contributed by atoms with van der Waals surface area (Å²) in [5, 5.41) is 0. The molecule has 1 aromatic rings. The normalized spacial score (nSPS) is 13.6. The molecule has 0 bridgehead atoms. The molecule has 0 fully saturated rings. The van der Waals surface area contributed by atoms with Gasteiger partial charge in [-0.05, 0) is 6.42 Å². The molecule has 1 rings (SSSR count). The number of aromatic nitrogens is 2. The third-order valence-corrected chi connectivity index (χ3v) is 3.21. The van der Waals surface area contributed by atoms with Gasteiger partial charge in [-0.15, -0.1) is 6.58 Å². The van der Waals surface area contributed by atoms with Gasteiger partial charge in [0.25, 0.3) is 0 Å². The fourth-order valence-corrected chi connectivity index (χ4v) is 2.30. The molecule has 2 N–H and O–H groups in total. The van der Waals surface area contributed by atoms with Gasteiger partial charge in [0.15, 0.2) is 0 Å². The van der Waals surface area contributed by atoms with Crippen molar-refractivity contribution in [2.45, 2.75) is 65.3 Å². The zero-order valence-electron chi connectivity index (χ0n) is 12.5. The molecule has 102 valence electrons. The lowest BCUT2D eigenvalue weighted by atomic mass is 9.95. The molecular weight excluding hydrogens is 222 g/mol. The Bertz CT molecular complexity index is 410. The number of imidazole rings is 1. The van der Waals surface area contributed by atoms with E-state index in [9.17, 15) is 0 Å². The van der Waals surface area contributed by atoms with Gasteiger partial charge in [-0.1, -0.05) is 47.1 Å². The summed E-state index contributed by atoms with van der Waals surface area (Å²) in [6, 6.07) is 0. The number of anilines is 1. The lowest BCUT2D eigenvalue weighted by molar-refractivity contribution is 0.513. The molecule has 0 aliphatic rings. The summed E-state index contributed by atoms with van der Waals surface area (Å²) in [5.41, 5.74) is 7.32. The van der Waals surface area contributed by atoms with Crippen molar-refractivity contribution in [1.82, 2.24) is 9.55 Å². The summed E-state index contributed by atoms with van der Waals surface area (Å²) in [7, 11) is 0. The molecule has 1 heterocycles. The van der Waals surface area contributed by atoms with E-state index in [0.717, 1.165) is 36.7 Å². The van der Waals surface area contributed by atoms with E-state index in [1.54, 1.807) is 0 Å². The van der Waals surface area contributed by atoms with Crippen LogP contribution < -0.4 is 5.73 Å². The zero-order valence-corrected chi connectivity index (χ0v) is 12.5. The van der Waals surface area contributed by atoms with Crippen LogP contribution in [0.2, 0.25) is 0 Å². The summed E-state index contributed by atoms with van der Waals surface area (Å²) in [6.45, 7) is 15.4. The van der Waals surface area contributed by atoms with E-state index in [4.69, 9.17) is 10.7 Å². The fraction of sp³-hybridized carbons (Fsp3) is 0.667. The van der Waals surface area contributed by atoms with Gasteiger partial charge in [-0.3, -0.25) is 0 Å². The Morgan fingerprint density at radius 1 is 1.44 bits per heavy atom. The van der Waals surface area contributed by atoms with Crippen molar-refractivity contribution >= 4 is 5.82 Å². The monoisotopic (exact) mass is 249 g/mol. The first-order chi connectivity index (χ1) is 8.32. The maximum Gasteiger partial charge on any atom is 0.127 e. The third-order valence-electron chi connectivity index (χ3n) is 3.21. The fourth-order valence-electron chi connectivity index (χ4n) is 2.30. The smallest absolute Gasteiger partial charge is 0.127 e. The molecule has 3 heteroatoms. The topological polar surface area (TPSA) is 43.8 Å². The van der Waals surface area contributed by atoms with E-state index < -0.39 is 0 Å². The predicted molar refractivity (Wildman–Crippen MR) is 78.9 cm³/mol. The number of hydrogen-bond donors (Lipinski definition) is 1. The Labute approximate surface area is 111 Å². The van der Waals surface area contributed by atoms with Gasteiger partial charge in [0.2, 0.25) is 0 Å². The Hall–Kier alpha value is -1.25. The van der Waals surface area contributed by atoms with Gasteiger partial charge in [-0.25, -0.2) is 4.98 Å². The maximum absolute atomic E-state index is 6.27. The summed E-state index contributed by atoms with van der Waals surface area (Å²) >= 11 is 0. The summed E-state index contributed by atoms with van der Waals surface area (Å²) < 4.78 is 2.09. The molecule has 0 aliphatic carbocycles. The van der Waals surface area contributed by atoms with Crippen molar-refractivity contribution in [3.8, 4) is 0 Å². The minimum absolute atomic E-state index is 0.00130. The second-order valence-corrected chi connectivity index (χ2v) is 6.04. The highest BCUT2D eigenvalue weighted by Crippen LogP contribution is 2.31. The minimum Gasteiger partial charge on any atom is -0.384 e. The van der Waals surface area contributed by atoms with Crippen LogP contribution in [0.1, 0.15) is 64.9 Å². The van der Waals surface area contributed by atoms with Gasteiger partial charge in [-0.2, -0.15) is 0 Å². The molecule has 0 spiro atoms. The summed E-state index contributed by atoms with van der Waals surface area (Å²) in [6.07, 6.45) is 4.15. The third kappa shape index (κ3) is 2.95. The van der Waals surface area contributed by atoms with Crippen molar-refractivity contribution in [2.24, 2.45) is 0 Å². The molecule has 1 aromatic heterocycles. The lowest BCUT2D eigenvalue weighted by Crippen LogP contribution is -2.19. The number of hydrogen-bond acceptors (Lipinski definition) is 2. The number of allylic oxidation sites excluding steroid dienone is 1. The highest BCUT2D eigenvalue weighted by atomic mass is 15.1. The number of nitrogen functional groups attached to an aromatic ring is 1. The second-order valence-electron chi connectivity index (χ2n) is 6.04. The summed E-state index contributed by atoms with van der Waals surface area (Å²) in [4.78, 5) is 4.81. The molecule has 0 aromatic carbocycles. The number of nitrogens with zero attached hydrogens (tertiary/aromatic N) is 2. The highest BCUT2D eigenvalue weighted by molar-refractivity contribution is 5.42. The van der Waals surface area contributed by atoms with Crippen LogP contribution >= 0.6 is 0 Å². The molecule has 0 amide bonds. The van der Waals surface area contributed by atoms with Crippen molar-refractivity contribution in [3.05, 3.63) is 24.2 Å². The van der Waals surface area contributed by atoms with Crippen LogP contribution in [0.15, 0.2) is 12.7 Å².